The summed E-state index contributed by atoms with van der Waals surface area (Å²) in [6.45, 7) is 0.193. The first-order chi connectivity index (χ1) is 3.88. The highest BCUT2D eigenvalue weighted by molar-refractivity contribution is 4.94. The zero-order chi connectivity index (χ0) is 5.98. The van der Waals surface area contributed by atoms with Gasteiger partial charge in [0.25, 0.3) is 0 Å². The van der Waals surface area contributed by atoms with Crippen LogP contribution in [0.3, 0.4) is 0 Å². The topological polar surface area (TPSA) is 44.0 Å². The van der Waals surface area contributed by atoms with Crippen molar-refractivity contribution in [3.8, 4) is 6.07 Å². The van der Waals surface area contributed by atoms with Gasteiger partial charge >= 0.3 is 0 Å². The second-order valence-corrected chi connectivity index (χ2v) is 2.26. The summed E-state index contributed by atoms with van der Waals surface area (Å²) < 4.78 is 0. The quantitative estimate of drug-likeness (QED) is 0.536. The molecule has 8 heavy (non-hydrogen) atoms. The molecule has 0 saturated heterocycles. The molecule has 0 aromatic heterocycles. The van der Waals surface area contributed by atoms with Crippen LogP contribution in [0, 0.1) is 23.2 Å². The second-order valence-electron chi connectivity index (χ2n) is 2.26. The number of nitriles is 1. The first-order valence-electron chi connectivity index (χ1n) is 2.89. The third kappa shape index (κ3) is 0.696. The molecule has 1 aliphatic rings. The van der Waals surface area contributed by atoms with Gasteiger partial charge in [-0.2, -0.15) is 5.26 Å². The number of hydrogen-bond acceptors (Lipinski definition) is 2. The maximum atomic E-state index is 8.54. The number of aliphatic hydroxyl groups excluding tert-OH is 1. The van der Waals surface area contributed by atoms with E-state index < -0.39 is 0 Å². The third-order valence-electron chi connectivity index (χ3n) is 1.82. The number of hydrogen-bond donors (Lipinski definition) is 1. The Kier molecular flexibility index (Phi) is 1.50. The minimum Gasteiger partial charge on any atom is -0.396 e. The first kappa shape index (κ1) is 5.58. The van der Waals surface area contributed by atoms with Crippen molar-refractivity contribution in [2.75, 3.05) is 6.61 Å². The smallest absolute Gasteiger partial charge is 0.0659 e. The lowest BCUT2D eigenvalue weighted by molar-refractivity contribution is 0.123. The molecular formula is C6H9NO. The minimum atomic E-state index is 0.153. The number of nitrogens with zero attached hydrogens (tertiary/aromatic N) is 1. The molecule has 1 fully saturated rings. The lowest BCUT2D eigenvalue weighted by atomic mass is 9.75. The van der Waals surface area contributed by atoms with Gasteiger partial charge in [0, 0.05) is 6.61 Å². The molecule has 0 radical (unpaired) electrons. The maximum Gasteiger partial charge on any atom is 0.0659 e. The summed E-state index contributed by atoms with van der Waals surface area (Å²) in [5, 5.41) is 16.9. The average molecular weight is 111 g/mol. The van der Waals surface area contributed by atoms with E-state index in [1.807, 2.05) is 0 Å². The molecule has 2 nitrogen and oxygen atoms in total. The Bertz CT molecular complexity index is 114. The normalized spacial score (nSPS) is 35.5. The average Bonchev–Trinajstić information content (AvgIpc) is 1.66. The molecule has 1 rings (SSSR count). The third-order valence-corrected chi connectivity index (χ3v) is 1.82. The van der Waals surface area contributed by atoms with Crippen molar-refractivity contribution in [3.05, 3.63) is 0 Å². The van der Waals surface area contributed by atoms with Gasteiger partial charge in [-0.1, -0.05) is 0 Å². The van der Waals surface area contributed by atoms with Crippen LogP contribution in [-0.4, -0.2) is 11.7 Å². The maximum absolute atomic E-state index is 8.54. The van der Waals surface area contributed by atoms with E-state index in [0.717, 1.165) is 12.8 Å². The van der Waals surface area contributed by atoms with Gasteiger partial charge in [0.1, 0.15) is 0 Å². The van der Waals surface area contributed by atoms with Crippen LogP contribution in [0.15, 0.2) is 0 Å². The molecule has 0 unspecified atom stereocenters. The van der Waals surface area contributed by atoms with Crippen LogP contribution in [0.2, 0.25) is 0 Å². The SMILES string of the molecule is N#C[C@H]1CC[C@H]1CO. The Morgan fingerprint density at radius 3 is 2.50 bits per heavy atom. The monoisotopic (exact) mass is 111 g/mol. The molecule has 0 aliphatic heterocycles. The molecule has 0 amide bonds. The Morgan fingerprint density at radius 2 is 2.38 bits per heavy atom. The Labute approximate surface area is 48.7 Å². The molecule has 2 atom stereocenters. The minimum absolute atomic E-state index is 0.153. The highest BCUT2D eigenvalue weighted by Crippen LogP contribution is 2.32. The van der Waals surface area contributed by atoms with Crippen LogP contribution in [0.5, 0.6) is 0 Å². The standard InChI is InChI=1S/C6H9NO/c7-3-5-1-2-6(5)4-8/h5-6,8H,1-2,4H2/t5-,6+/m1/s1. The zero-order valence-electron chi connectivity index (χ0n) is 4.67. The molecule has 44 valence electrons. The van der Waals surface area contributed by atoms with Crippen molar-refractivity contribution in [1.82, 2.24) is 0 Å². The molecule has 2 heteroatoms. The van der Waals surface area contributed by atoms with Crippen molar-refractivity contribution >= 4 is 0 Å². The number of rotatable bonds is 1. The molecule has 0 aromatic rings. The lowest BCUT2D eigenvalue weighted by Gasteiger charge is -2.28. The van der Waals surface area contributed by atoms with Gasteiger partial charge in [0.05, 0.1) is 12.0 Å². The van der Waals surface area contributed by atoms with E-state index >= 15 is 0 Å². The van der Waals surface area contributed by atoms with Crippen molar-refractivity contribution in [2.45, 2.75) is 12.8 Å². The van der Waals surface area contributed by atoms with E-state index in [9.17, 15) is 0 Å². The Balaban J connectivity index is 2.29. The van der Waals surface area contributed by atoms with Gasteiger partial charge in [-0.15, -0.1) is 0 Å². The van der Waals surface area contributed by atoms with E-state index in [2.05, 4.69) is 6.07 Å². The molecule has 1 saturated carbocycles. The summed E-state index contributed by atoms with van der Waals surface area (Å²) >= 11 is 0. The Hall–Kier alpha value is -0.550. The number of aliphatic hydroxyl groups is 1. The van der Waals surface area contributed by atoms with E-state index in [4.69, 9.17) is 10.4 Å². The fourth-order valence-electron chi connectivity index (χ4n) is 0.958. The fraction of sp³-hybridized carbons (Fsp3) is 0.833. The van der Waals surface area contributed by atoms with Crippen LogP contribution in [0.1, 0.15) is 12.8 Å². The van der Waals surface area contributed by atoms with Crippen molar-refractivity contribution in [3.63, 3.8) is 0 Å². The molecular weight excluding hydrogens is 102 g/mol. The van der Waals surface area contributed by atoms with Crippen molar-refractivity contribution in [2.24, 2.45) is 11.8 Å². The van der Waals surface area contributed by atoms with Crippen LogP contribution >= 0.6 is 0 Å². The van der Waals surface area contributed by atoms with Gasteiger partial charge < -0.3 is 5.11 Å². The molecule has 1 N–H and O–H groups in total. The highest BCUT2D eigenvalue weighted by atomic mass is 16.3. The fourth-order valence-corrected chi connectivity index (χ4v) is 0.958. The Morgan fingerprint density at radius 1 is 1.62 bits per heavy atom. The van der Waals surface area contributed by atoms with Gasteiger partial charge in [0.2, 0.25) is 0 Å². The summed E-state index contributed by atoms with van der Waals surface area (Å²) in [5.74, 6) is 0.444. The molecule has 0 aromatic carbocycles. The summed E-state index contributed by atoms with van der Waals surface area (Å²) in [6.07, 6.45) is 2.02. The zero-order valence-corrected chi connectivity index (χ0v) is 4.67. The summed E-state index contributed by atoms with van der Waals surface area (Å²) in [7, 11) is 0. The molecule has 0 heterocycles. The van der Waals surface area contributed by atoms with Crippen LogP contribution < -0.4 is 0 Å². The molecule has 0 bridgehead atoms. The second kappa shape index (κ2) is 2.15. The van der Waals surface area contributed by atoms with Gasteiger partial charge in [-0.3, -0.25) is 0 Å². The van der Waals surface area contributed by atoms with Gasteiger partial charge in [-0.25, -0.2) is 0 Å². The first-order valence-corrected chi connectivity index (χ1v) is 2.89. The van der Waals surface area contributed by atoms with E-state index in [1.165, 1.54) is 0 Å². The van der Waals surface area contributed by atoms with Crippen molar-refractivity contribution < 1.29 is 5.11 Å². The summed E-state index contributed by atoms with van der Waals surface area (Å²) in [4.78, 5) is 0. The largest absolute Gasteiger partial charge is 0.396 e. The van der Waals surface area contributed by atoms with E-state index in [-0.39, 0.29) is 12.5 Å². The van der Waals surface area contributed by atoms with Crippen LogP contribution in [0.4, 0.5) is 0 Å². The summed E-state index contributed by atoms with van der Waals surface area (Å²) in [5.41, 5.74) is 0. The molecule has 0 spiro atoms. The molecule has 1 aliphatic carbocycles. The van der Waals surface area contributed by atoms with Gasteiger partial charge in [-0.05, 0) is 18.8 Å². The predicted octanol–water partition coefficient (Wildman–Crippen LogP) is 0.528. The van der Waals surface area contributed by atoms with Crippen LogP contribution in [-0.2, 0) is 0 Å². The summed E-state index contributed by atoms with van der Waals surface area (Å²) in [6, 6.07) is 2.14. The van der Waals surface area contributed by atoms with E-state index in [1.54, 1.807) is 0 Å². The van der Waals surface area contributed by atoms with Gasteiger partial charge in [0.15, 0.2) is 0 Å². The van der Waals surface area contributed by atoms with Crippen LogP contribution in [0.25, 0.3) is 0 Å². The lowest BCUT2D eigenvalue weighted by Crippen LogP contribution is -2.27. The predicted molar refractivity (Wildman–Crippen MR) is 28.9 cm³/mol. The highest BCUT2D eigenvalue weighted by Gasteiger charge is 2.29. The van der Waals surface area contributed by atoms with E-state index in [0.29, 0.717) is 5.92 Å². The van der Waals surface area contributed by atoms with Crippen molar-refractivity contribution in [1.29, 1.82) is 5.26 Å².